The van der Waals surface area contributed by atoms with Gasteiger partial charge in [-0.2, -0.15) is 0 Å². The normalized spacial score (nSPS) is 26.4. The van der Waals surface area contributed by atoms with Crippen molar-refractivity contribution in [1.29, 1.82) is 0 Å². The van der Waals surface area contributed by atoms with Gasteiger partial charge in [-0.05, 0) is 74.6 Å². The second-order valence-corrected chi connectivity index (χ2v) is 12.5. The molecule has 2 amide bonds. The summed E-state index contributed by atoms with van der Waals surface area (Å²) in [5, 5.41) is 12.9. The largest absolute Gasteiger partial charge is 0.341 e. The Morgan fingerprint density at radius 2 is 1.74 bits per heavy atom. The van der Waals surface area contributed by atoms with E-state index in [0.29, 0.717) is 42.7 Å². The molecule has 3 saturated carbocycles. The minimum Gasteiger partial charge on any atom is -0.341 e. The molecule has 1 aromatic heterocycles. The van der Waals surface area contributed by atoms with Gasteiger partial charge in [0, 0.05) is 55.5 Å². The molecule has 10 heteroatoms. The third-order valence-electron chi connectivity index (χ3n) is 9.31. The predicted molar refractivity (Wildman–Crippen MR) is 139 cm³/mol. The maximum Gasteiger partial charge on any atom is 0.248 e. The number of hydrogen-bond donors (Lipinski definition) is 1. The molecule has 2 aromatic rings. The Labute approximate surface area is 226 Å². The van der Waals surface area contributed by atoms with Gasteiger partial charge in [-0.15, -0.1) is 10.2 Å². The van der Waals surface area contributed by atoms with Gasteiger partial charge in [0.25, 0.3) is 0 Å². The average Bonchev–Trinajstić information content (AvgIpc) is 3.42. The number of anilines is 1. The lowest BCUT2D eigenvalue weighted by molar-refractivity contribution is -0.128. The monoisotopic (exact) mass is 545 g/mol. The lowest BCUT2D eigenvalue weighted by atomic mass is 9.55. The van der Waals surface area contributed by atoms with E-state index in [2.05, 4.69) is 20.1 Å². The summed E-state index contributed by atoms with van der Waals surface area (Å²) in [4.78, 5) is 27.6. The van der Waals surface area contributed by atoms with E-state index in [0.717, 1.165) is 42.9 Å². The Balaban J connectivity index is 1.25. The van der Waals surface area contributed by atoms with Gasteiger partial charge in [-0.25, -0.2) is 8.78 Å². The maximum atomic E-state index is 13.8. The number of aryl methyl sites for hydroxylation is 1. The van der Waals surface area contributed by atoms with E-state index in [1.165, 1.54) is 6.92 Å². The van der Waals surface area contributed by atoms with E-state index in [9.17, 15) is 18.4 Å². The van der Waals surface area contributed by atoms with Gasteiger partial charge >= 0.3 is 0 Å². The van der Waals surface area contributed by atoms with Crippen LogP contribution in [0.15, 0.2) is 18.2 Å². The Hall–Kier alpha value is -2.55. The van der Waals surface area contributed by atoms with Gasteiger partial charge in [0.05, 0.1) is 11.8 Å². The number of amides is 2. The predicted octanol–water partition coefficient (Wildman–Crippen LogP) is 5.85. The summed E-state index contributed by atoms with van der Waals surface area (Å²) < 4.78 is 29.7. The highest BCUT2D eigenvalue weighted by Gasteiger charge is 2.53. The van der Waals surface area contributed by atoms with Crippen LogP contribution in [0.4, 0.5) is 14.5 Å². The third kappa shape index (κ3) is 4.71. The van der Waals surface area contributed by atoms with Crippen molar-refractivity contribution < 1.29 is 18.4 Å². The molecule has 38 heavy (non-hydrogen) atoms. The quantitative estimate of drug-likeness (QED) is 0.511. The van der Waals surface area contributed by atoms with Crippen LogP contribution in [-0.4, -0.2) is 50.5 Å². The smallest absolute Gasteiger partial charge is 0.248 e. The highest BCUT2D eigenvalue weighted by atomic mass is 35.5. The molecule has 0 radical (unpaired) electrons. The number of alkyl halides is 2. The summed E-state index contributed by atoms with van der Waals surface area (Å²) in [7, 11) is 0. The summed E-state index contributed by atoms with van der Waals surface area (Å²) >= 11 is 6.09. The fourth-order valence-corrected chi connectivity index (χ4v) is 7.08. The lowest BCUT2D eigenvalue weighted by Gasteiger charge is -2.51. The molecule has 2 heterocycles. The number of carbonyl (C=O) groups excluding carboxylic acids is 2. The van der Waals surface area contributed by atoms with E-state index in [1.807, 2.05) is 6.92 Å². The molecule has 6 rings (SSSR count). The first kappa shape index (κ1) is 25.7. The van der Waals surface area contributed by atoms with Gasteiger partial charge in [0.1, 0.15) is 11.6 Å². The molecule has 0 bridgehead atoms. The molecule has 204 valence electrons. The van der Waals surface area contributed by atoms with E-state index >= 15 is 0 Å². The Bertz CT molecular complexity index is 1260. The van der Waals surface area contributed by atoms with E-state index < -0.39 is 11.8 Å². The molecule has 1 saturated heterocycles. The number of nitrogens with one attached hydrogen (secondary N) is 1. The summed E-state index contributed by atoms with van der Waals surface area (Å²) in [5.74, 6) is -1.56. The fourth-order valence-electron chi connectivity index (χ4n) is 6.86. The molecular formula is C28H34ClF2N5O2. The van der Waals surface area contributed by atoms with Crippen molar-refractivity contribution in [2.45, 2.75) is 89.0 Å². The highest BCUT2D eigenvalue weighted by molar-refractivity contribution is 6.30. The van der Waals surface area contributed by atoms with Crippen molar-refractivity contribution in [3.05, 3.63) is 40.4 Å². The van der Waals surface area contributed by atoms with Gasteiger partial charge in [0.2, 0.25) is 17.7 Å². The number of aromatic nitrogens is 3. The number of hydrogen-bond acceptors (Lipinski definition) is 4. The molecule has 4 aliphatic rings. The SMILES string of the molecule is CC(=O)N1C[C@H](C(=O)Nc2ccc(Cl)cc2C)[C@@H](c2nnc(C3CC4(CCC(F)(F)CC4)C3)n2C2CC2)C1. The molecule has 3 aliphatic carbocycles. The Morgan fingerprint density at radius 3 is 2.37 bits per heavy atom. The van der Waals surface area contributed by atoms with Crippen molar-refractivity contribution in [3.63, 3.8) is 0 Å². The van der Waals surface area contributed by atoms with E-state index in [4.69, 9.17) is 11.6 Å². The van der Waals surface area contributed by atoms with Crippen LogP contribution in [0.25, 0.3) is 0 Å². The van der Waals surface area contributed by atoms with Crippen molar-refractivity contribution in [2.75, 3.05) is 18.4 Å². The Morgan fingerprint density at radius 1 is 1.05 bits per heavy atom. The summed E-state index contributed by atoms with van der Waals surface area (Å²) in [6.07, 6.45) is 4.92. The maximum absolute atomic E-state index is 13.8. The van der Waals surface area contributed by atoms with Crippen molar-refractivity contribution in [3.8, 4) is 0 Å². The molecule has 1 N–H and O–H groups in total. The molecular weight excluding hydrogens is 512 g/mol. The molecule has 7 nitrogen and oxygen atoms in total. The molecule has 1 aromatic carbocycles. The molecule has 1 aliphatic heterocycles. The fraction of sp³-hybridized carbons (Fsp3) is 0.643. The van der Waals surface area contributed by atoms with Gasteiger partial charge in [0.15, 0.2) is 0 Å². The number of benzene rings is 1. The van der Waals surface area contributed by atoms with Crippen LogP contribution in [0.3, 0.4) is 0 Å². The summed E-state index contributed by atoms with van der Waals surface area (Å²) in [6, 6.07) is 5.64. The van der Waals surface area contributed by atoms with Crippen LogP contribution in [0, 0.1) is 18.3 Å². The number of likely N-dealkylation sites (tertiary alicyclic amines) is 1. The molecule has 4 fully saturated rings. The second-order valence-electron chi connectivity index (χ2n) is 12.1. The molecule has 1 spiro atoms. The first-order chi connectivity index (χ1) is 18.0. The molecule has 2 atom stereocenters. The topological polar surface area (TPSA) is 80.1 Å². The van der Waals surface area contributed by atoms with Crippen LogP contribution in [-0.2, 0) is 9.59 Å². The minimum atomic E-state index is -2.53. The van der Waals surface area contributed by atoms with Crippen molar-refractivity contribution in [2.24, 2.45) is 11.3 Å². The number of rotatable bonds is 5. The average molecular weight is 546 g/mol. The molecule has 0 unspecified atom stereocenters. The minimum absolute atomic E-state index is 0.00445. The zero-order chi connectivity index (χ0) is 26.8. The lowest BCUT2D eigenvalue weighted by Crippen LogP contribution is -2.42. The number of carbonyl (C=O) groups is 2. The van der Waals surface area contributed by atoms with Gasteiger partial charge in [-0.3, -0.25) is 9.59 Å². The first-order valence-electron chi connectivity index (χ1n) is 13.7. The van der Waals surface area contributed by atoms with Crippen LogP contribution in [0.5, 0.6) is 0 Å². The summed E-state index contributed by atoms with van der Waals surface area (Å²) in [5.41, 5.74) is 1.57. The van der Waals surface area contributed by atoms with Gasteiger partial charge < -0.3 is 14.8 Å². The van der Waals surface area contributed by atoms with Crippen molar-refractivity contribution >= 4 is 29.1 Å². The zero-order valence-electron chi connectivity index (χ0n) is 21.9. The standard InChI is InChI=1S/C28H34ClF2N5O2/c1-16-11-19(29)3-6-23(16)32-26(38)22-15-35(17(2)37)14-21(22)25-34-33-24(36(25)20-4-5-20)18-12-27(13-18)7-9-28(30,31)10-8-27/h3,6,11,18,20-22H,4-5,7-10,12-15H2,1-2H3,(H,32,38)/t21-,22-/m0/s1. The van der Waals surface area contributed by atoms with Crippen LogP contribution < -0.4 is 5.32 Å². The first-order valence-corrected chi connectivity index (χ1v) is 14.1. The highest BCUT2D eigenvalue weighted by Crippen LogP contribution is 2.61. The second kappa shape index (κ2) is 9.28. The number of nitrogens with zero attached hydrogens (tertiary/aromatic N) is 4. The summed E-state index contributed by atoms with van der Waals surface area (Å²) in [6.45, 7) is 4.16. The third-order valence-corrected chi connectivity index (χ3v) is 9.54. The number of halogens is 3. The van der Waals surface area contributed by atoms with Crippen molar-refractivity contribution in [1.82, 2.24) is 19.7 Å². The van der Waals surface area contributed by atoms with Crippen LogP contribution in [0.1, 0.15) is 93.4 Å². The van der Waals surface area contributed by atoms with E-state index in [-0.39, 0.29) is 41.9 Å². The van der Waals surface area contributed by atoms with Crippen LogP contribution >= 0.6 is 11.6 Å². The van der Waals surface area contributed by atoms with Crippen LogP contribution in [0.2, 0.25) is 5.02 Å². The van der Waals surface area contributed by atoms with Gasteiger partial charge in [-0.1, -0.05) is 11.6 Å². The zero-order valence-corrected chi connectivity index (χ0v) is 22.6. The Kier molecular flexibility index (Phi) is 6.28. The van der Waals surface area contributed by atoms with E-state index in [1.54, 1.807) is 23.1 Å².